The lowest BCUT2D eigenvalue weighted by molar-refractivity contribution is 0.464. The Morgan fingerprint density at radius 3 is 2.46 bits per heavy atom. The number of hydrogen-bond donors (Lipinski definition) is 2. The van der Waals surface area contributed by atoms with E-state index in [1.807, 2.05) is 20.8 Å². The molecule has 72 valence electrons. The van der Waals surface area contributed by atoms with Crippen LogP contribution in [-0.2, 0) is 0 Å². The van der Waals surface area contributed by atoms with Gasteiger partial charge in [-0.15, -0.1) is 0 Å². The molecule has 0 saturated carbocycles. The number of halogens is 1. The molecule has 0 heterocycles. The van der Waals surface area contributed by atoms with Crippen molar-refractivity contribution in [3.05, 3.63) is 22.2 Å². The third kappa shape index (κ3) is 1.73. The van der Waals surface area contributed by atoms with Gasteiger partial charge in [-0.2, -0.15) is 0 Å². The molecule has 1 aromatic carbocycles. The molecule has 1 aromatic rings. The van der Waals surface area contributed by atoms with Crippen LogP contribution in [0.3, 0.4) is 0 Å². The number of hydrogen-bond acceptors (Lipinski definition) is 2. The van der Waals surface area contributed by atoms with Gasteiger partial charge in [-0.05, 0) is 24.5 Å². The van der Waals surface area contributed by atoms with E-state index in [9.17, 15) is 5.11 Å². The number of aromatic hydroxyl groups is 1. The SMILES string of the molecule is Cc1cc(O)c(C(C)C)c(Cl)c1N. The fourth-order valence-corrected chi connectivity index (χ4v) is 1.80. The van der Waals surface area contributed by atoms with E-state index in [4.69, 9.17) is 17.3 Å². The van der Waals surface area contributed by atoms with E-state index >= 15 is 0 Å². The summed E-state index contributed by atoms with van der Waals surface area (Å²) in [6, 6.07) is 1.65. The highest BCUT2D eigenvalue weighted by molar-refractivity contribution is 6.34. The lowest BCUT2D eigenvalue weighted by atomic mass is 9.99. The maximum Gasteiger partial charge on any atom is 0.120 e. The van der Waals surface area contributed by atoms with Crippen LogP contribution in [0.4, 0.5) is 5.69 Å². The van der Waals surface area contributed by atoms with Crippen molar-refractivity contribution in [1.82, 2.24) is 0 Å². The van der Waals surface area contributed by atoms with Crippen LogP contribution in [0.15, 0.2) is 6.07 Å². The summed E-state index contributed by atoms with van der Waals surface area (Å²) in [6.07, 6.45) is 0. The number of benzene rings is 1. The summed E-state index contributed by atoms with van der Waals surface area (Å²) in [5, 5.41) is 10.1. The summed E-state index contributed by atoms with van der Waals surface area (Å²) >= 11 is 6.01. The molecule has 0 saturated heterocycles. The summed E-state index contributed by atoms with van der Waals surface area (Å²) in [7, 11) is 0. The molecular weight excluding hydrogens is 186 g/mol. The maximum absolute atomic E-state index is 9.63. The Bertz CT molecular complexity index is 334. The Labute approximate surface area is 83.3 Å². The average Bonchev–Trinajstić information content (AvgIpc) is 1.99. The van der Waals surface area contributed by atoms with Crippen molar-refractivity contribution in [1.29, 1.82) is 0 Å². The van der Waals surface area contributed by atoms with Crippen molar-refractivity contribution in [2.24, 2.45) is 0 Å². The first kappa shape index (κ1) is 10.2. The van der Waals surface area contributed by atoms with Gasteiger partial charge in [-0.1, -0.05) is 25.4 Å². The number of phenolic OH excluding ortho intramolecular Hbond substituents is 1. The molecule has 3 N–H and O–H groups in total. The molecule has 3 heteroatoms. The van der Waals surface area contributed by atoms with Gasteiger partial charge in [0.1, 0.15) is 5.75 Å². The molecule has 0 atom stereocenters. The van der Waals surface area contributed by atoms with Gasteiger partial charge < -0.3 is 10.8 Å². The van der Waals surface area contributed by atoms with Gasteiger partial charge in [0.15, 0.2) is 0 Å². The molecule has 0 aliphatic heterocycles. The van der Waals surface area contributed by atoms with Gasteiger partial charge in [-0.25, -0.2) is 0 Å². The fourth-order valence-electron chi connectivity index (χ4n) is 1.34. The summed E-state index contributed by atoms with van der Waals surface area (Å²) < 4.78 is 0. The molecule has 0 amide bonds. The van der Waals surface area contributed by atoms with E-state index in [0.29, 0.717) is 10.7 Å². The molecular formula is C10H14ClNO. The second-order valence-corrected chi connectivity index (χ2v) is 3.89. The fraction of sp³-hybridized carbons (Fsp3) is 0.400. The summed E-state index contributed by atoms with van der Waals surface area (Å²) in [5.74, 6) is 0.405. The largest absolute Gasteiger partial charge is 0.508 e. The second-order valence-electron chi connectivity index (χ2n) is 3.51. The molecule has 1 rings (SSSR count). The standard InChI is InChI=1S/C10H14ClNO/c1-5(2)8-7(13)4-6(3)10(12)9(8)11/h4-5,13H,12H2,1-3H3. The Kier molecular flexibility index (Phi) is 2.71. The first-order valence-corrected chi connectivity index (χ1v) is 4.60. The molecule has 13 heavy (non-hydrogen) atoms. The van der Waals surface area contributed by atoms with Gasteiger partial charge in [0.05, 0.1) is 10.7 Å². The Morgan fingerprint density at radius 2 is 2.00 bits per heavy atom. The van der Waals surface area contributed by atoms with Crippen molar-refractivity contribution in [3.8, 4) is 5.75 Å². The Morgan fingerprint density at radius 1 is 1.46 bits per heavy atom. The van der Waals surface area contributed by atoms with Crippen LogP contribution in [0.2, 0.25) is 5.02 Å². The van der Waals surface area contributed by atoms with E-state index in [1.165, 1.54) is 0 Å². The first-order chi connectivity index (χ1) is 5.95. The van der Waals surface area contributed by atoms with Crippen LogP contribution in [0, 0.1) is 6.92 Å². The molecule has 0 aliphatic carbocycles. The highest BCUT2D eigenvalue weighted by Crippen LogP contribution is 2.38. The molecule has 0 spiro atoms. The molecule has 0 fully saturated rings. The average molecular weight is 200 g/mol. The zero-order valence-electron chi connectivity index (χ0n) is 8.06. The lowest BCUT2D eigenvalue weighted by Crippen LogP contribution is -1.97. The lowest BCUT2D eigenvalue weighted by Gasteiger charge is -2.14. The van der Waals surface area contributed by atoms with Crippen molar-refractivity contribution < 1.29 is 5.11 Å². The minimum atomic E-state index is 0.176. The summed E-state index contributed by atoms with van der Waals surface area (Å²) in [6.45, 7) is 5.76. The van der Waals surface area contributed by atoms with Crippen molar-refractivity contribution in [2.45, 2.75) is 26.7 Å². The molecule has 0 bridgehead atoms. The van der Waals surface area contributed by atoms with E-state index in [-0.39, 0.29) is 11.7 Å². The van der Waals surface area contributed by atoms with Crippen molar-refractivity contribution in [3.63, 3.8) is 0 Å². The third-order valence-corrected chi connectivity index (χ3v) is 2.51. The number of rotatable bonds is 1. The number of anilines is 1. The zero-order chi connectivity index (χ0) is 10.2. The van der Waals surface area contributed by atoms with Crippen LogP contribution in [0.5, 0.6) is 5.75 Å². The quantitative estimate of drug-likeness (QED) is 0.540. The van der Waals surface area contributed by atoms with Gasteiger partial charge in [0.25, 0.3) is 0 Å². The molecule has 0 aliphatic rings. The van der Waals surface area contributed by atoms with Crippen molar-refractivity contribution in [2.75, 3.05) is 5.73 Å². The minimum Gasteiger partial charge on any atom is -0.508 e. The monoisotopic (exact) mass is 199 g/mol. The second kappa shape index (κ2) is 3.46. The molecule has 2 nitrogen and oxygen atoms in total. The topological polar surface area (TPSA) is 46.2 Å². The maximum atomic E-state index is 9.63. The predicted molar refractivity (Wildman–Crippen MR) is 56.4 cm³/mol. The summed E-state index contributed by atoms with van der Waals surface area (Å²) in [4.78, 5) is 0. The van der Waals surface area contributed by atoms with E-state index in [2.05, 4.69) is 0 Å². The molecule has 0 aromatic heterocycles. The van der Waals surface area contributed by atoms with Crippen LogP contribution in [-0.4, -0.2) is 5.11 Å². The van der Waals surface area contributed by atoms with Gasteiger partial charge in [0, 0.05) is 5.56 Å². The number of nitrogens with two attached hydrogens (primary N) is 1. The normalized spacial score (nSPS) is 10.8. The minimum absolute atomic E-state index is 0.176. The molecule has 0 unspecified atom stereocenters. The highest BCUT2D eigenvalue weighted by atomic mass is 35.5. The van der Waals surface area contributed by atoms with Crippen LogP contribution in [0.1, 0.15) is 30.9 Å². The Balaban J connectivity index is 3.44. The summed E-state index contributed by atoms with van der Waals surface area (Å²) in [5.41, 5.74) is 7.84. The van der Waals surface area contributed by atoms with Crippen molar-refractivity contribution >= 4 is 17.3 Å². The number of nitrogen functional groups attached to an aromatic ring is 1. The van der Waals surface area contributed by atoms with Crippen LogP contribution in [0.25, 0.3) is 0 Å². The van der Waals surface area contributed by atoms with Gasteiger partial charge in [0.2, 0.25) is 0 Å². The highest BCUT2D eigenvalue weighted by Gasteiger charge is 2.14. The van der Waals surface area contributed by atoms with E-state index in [1.54, 1.807) is 6.07 Å². The predicted octanol–water partition coefficient (Wildman–Crippen LogP) is 3.06. The van der Waals surface area contributed by atoms with Gasteiger partial charge >= 0.3 is 0 Å². The third-order valence-electron chi connectivity index (χ3n) is 2.10. The number of phenols is 1. The van der Waals surface area contributed by atoms with E-state index < -0.39 is 0 Å². The number of aryl methyl sites for hydroxylation is 1. The zero-order valence-corrected chi connectivity index (χ0v) is 8.81. The smallest absolute Gasteiger partial charge is 0.120 e. The first-order valence-electron chi connectivity index (χ1n) is 4.22. The van der Waals surface area contributed by atoms with Crippen LogP contribution < -0.4 is 5.73 Å². The Hall–Kier alpha value is -0.890. The van der Waals surface area contributed by atoms with E-state index in [0.717, 1.165) is 11.1 Å². The van der Waals surface area contributed by atoms with Crippen LogP contribution >= 0.6 is 11.6 Å². The molecule has 0 radical (unpaired) electrons. The van der Waals surface area contributed by atoms with Gasteiger partial charge in [-0.3, -0.25) is 0 Å².